The third-order valence-corrected chi connectivity index (χ3v) is 10.2. The fourth-order valence-corrected chi connectivity index (χ4v) is 7.68. The van der Waals surface area contributed by atoms with Gasteiger partial charge in [0.05, 0.1) is 11.1 Å². The van der Waals surface area contributed by atoms with Crippen molar-refractivity contribution in [1.29, 1.82) is 0 Å². The highest BCUT2D eigenvalue weighted by molar-refractivity contribution is 9.10. The van der Waals surface area contributed by atoms with Crippen molar-refractivity contribution in [3.63, 3.8) is 0 Å². The van der Waals surface area contributed by atoms with E-state index in [1.807, 2.05) is 29.2 Å². The van der Waals surface area contributed by atoms with Crippen LogP contribution in [0.2, 0.25) is 0 Å². The second-order valence-corrected chi connectivity index (χ2v) is 13.8. The fourth-order valence-electron chi connectivity index (χ4n) is 5.90. The van der Waals surface area contributed by atoms with E-state index >= 15 is 0 Å². The fraction of sp³-hybridized carbons (Fsp3) is 0.438. The number of benzene rings is 2. The smallest absolute Gasteiger partial charge is 0.257 e. The lowest BCUT2D eigenvalue weighted by molar-refractivity contribution is 0.0690. The van der Waals surface area contributed by atoms with Crippen molar-refractivity contribution in [2.75, 3.05) is 18.4 Å². The van der Waals surface area contributed by atoms with Gasteiger partial charge in [-0.25, -0.2) is 0 Å². The summed E-state index contributed by atoms with van der Waals surface area (Å²) in [7, 11) is 0. The first-order valence-electron chi connectivity index (χ1n) is 13.7. The minimum Gasteiger partial charge on any atom is -0.339 e. The zero-order chi connectivity index (χ0) is 26.9. The van der Waals surface area contributed by atoms with Gasteiger partial charge in [0.1, 0.15) is 5.00 Å². The van der Waals surface area contributed by atoms with Crippen LogP contribution in [0.3, 0.4) is 0 Å². The van der Waals surface area contributed by atoms with E-state index in [4.69, 9.17) is 0 Å². The highest BCUT2D eigenvalue weighted by Gasteiger charge is 2.36. The van der Waals surface area contributed by atoms with E-state index in [1.54, 1.807) is 11.3 Å². The maximum Gasteiger partial charge on any atom is 0.257 e. The third kappa shape index (κ3) is 5.91. The Morgan fingerprint density at radius 2 is 1.68 bits per heavy atom. The number of hydrogen-bond acceptors (Lipinski definition) is 3. The highest BCUT2D eigenvalue weighted by atomic mass is 79.9. The van der Waals surface area contributed by atoms with Crippen molar-refractivity contribution in [3.05, 3.63) is 86.2 Å². The summed E-state index contributed by atoms with van der Waals surface area (Å²) in [5, 5.41) is 3.85. The molecule has 4 nitrogen and oxygen atoms in total. The lowest BCUT2D eigenvalue weighted by Crippen LogP contribution is -2.39. The average molecular weight is 594 g/mol. The summed E-state index contributed by atoms with van der Waals surface area (Å²) in [6, 6.07) is 18.1. The van der Waals surface area contributed by atoms with Crippen molar-refractivity contribution >= 4 is 44.1 Å². The van der Waals surface area contributed by atoms with Gasteiger partial charge in [-0.3, -0.25) is 9.59 Å². The zero-order valence-electron chi connectivity index (χ0n) is 22.6. The molecule has 1 aromatic heterocycles. The molecule has 3 aromatic rings. The topological polar surface area (TPSA) is 49.4 Å². The Morgan fingerprint density at radius 1 is 1.00 bits per heavy atom. The number of piperidine rings is 1. The van der Waals surface area contributed by atoms with Crippen molar-refractivity contribution < 1.29 is 9.59 Å². The molecule has 1 aliphatic heterocycles. The molecule has 1 fully saturated rings. The number of anilines is 1. The molecule has 2 aromatic carbocycles. The van der Waals surface area contributed by atoms with Gasteiger partial charge in [-0.1, -0.05) is 63.2 Å². The monoisotopic (exact) mass is 592 g/mol. The molecule has 1 aliphatic carbocycles. The van der Waals surface area contributed by atoms with Gasteiger partial charge in [0.2, 0.25) is 0 Å². The Labute approximate surface area is 239 Å². The second kappa shape index (κ2) is 11.4. The maximum atomic E-state index is 14.1. The quantitative estimate of drug-likeness (QED) is 0.326. The number of fused-ring (bicyclic) bond motifs is 1. The molecule has 1 saturated heterocycles. The maximum absolute atomic E-state index is 14.1. The lowest BCUT2D eigenvalue weighted by Gasteiger charge is -2.35. The second-order valence-electron chi connectivity index (χ2n) is 11.9. The van der Waals surface area contributed by atoms with Gasteiger partial charge in [-0.15, -0.1) is 11.3 Å². The van der Waals surface area contributed by atoms with Gasteiger partial charge in [-0.05, 0) is 95.0 Å². The molecule has 2 heterocycles. The summed E-state index contributed by atoms with van der Waals surface area (Å²) in [6.45, 7) is 8.44. The number of amides is 2. The number of halogens is 1. The number of nitrogens with zero attached hydrogens (tertiary/aromatic N) is 1. The molecule has 1 atom stereocenters. The van der Waals surface area contributed by atoms with E-state index in [2.05, 4.69) is 72.3 Å². The normalized spacial score (nSPS) is 18.2. The molecule has 2 amide bonds. The van der Waals surface area contributed by atoms with Crippen LogP contribution in [-0.4, -0.2) is 29.8 Å². The minimum absolute atomic E-state index is 0.0808. The number of nitrogens with one attached hydrogen (secondary N) is 1. The first-order chi connectivity index (χ1) is 18.2. The lowest BCUT2D eigenvalue weighted by atomic mass is 9.72. The van der Waals surface area contributed by atoms with Crippen LogP contribution in [0.5, 0.6) is 0 Å². The minimum atomic E-state index is -0.181. The molecule has 0 radical (unpaired) electrons. The van der Waals surface area contributed by atoms with E-state index < -0.39 is 0 Å². The Balaban J connectivity index is 1.38. The van der Waals surface area contributed by atoms with Crippen LogP contribution in [0.15, 0.2) is 59.1 Å². The summed E-state index contributed by atoms with van der Waals surface area (Å²) in [5.74, 6) is 1.06. The van der Waals surface area contributed by atoms with Gasteiger partial charge < -0.3 is 10.2 Å². The molecule has 5 rings (SSSR count). The van der Waals surface area contributed by atoms with Crippen molar-refractivity contribution in [2.24, 2.45) is 17.3 Å². The van der Waals surface area contributed by atoms with E-state index in [0.717, 1.165) is 67.2 Å². The Bertz CT molecular complexity index is 1300. The summed E-state index contributed by atoms with van der Waals surface area (Å²) in [4.78, 5) is 30.6. The molecule has 2 aliphatic rings. The summed E-state index contributed by atoms with van der Waals surface area (Å²) < 4.78 is 0.750. The largest absolute Gasteiger partial charge is 0.339 e. The number of likely N-dealkylation sites (tertiary alicyclic amines) is 1. The predicted octanol–water partition coefficient (Wildman–Crippen LogP) is 8.01. The van der Waals surface area contributed by atoms with E-state index in [1.165, 1.54) is 10.4 Å². The zero-order valence-corrected chi connectivity index (χ0v) is 25.0. The molecular formula is C32H37BrN2O2S. The van der Waals surface area contributed by atoms with Crippen LogP contribution < -0.4 is 5.32 Å². The van der Waals surface area contributed by atoms with Crippen LogP contribution in [0.4, 0.5) is 5.00 Å². The van der Waals surface area contributed by atoms with Crippen molar-refractivity contribution in [1.82, 2.24) is 4.90 Å². The van der Waals surface area contributed by atoms with Crippen LogP contribution in [-0.2, 0) is 19.3 Å². The number of rotatable bonds is 5. The molecular weight excluding hydrogens is 556 g/mol. The molecule has 0 bridgehead atoms. The van der Waals surface area contributed by atoms with Gasteiger partial charge in [0.25, 0.3) is 11.8 Å². The van der Waals surface area contributed by atoms with Gasteiger partial charge in [0.15, 0.2) is 0 Å². The van der Waals surface area contributed by atoms with Gasteiger partial charge in [-0.2, -0.15) is 0 Å². The van der Waals surface area contributed by atoms with E-state index in [0.29, 0.717) is 22.4 Å². The Hall–Kier alpha value is -2.44. The summed E-state index contributed by atoms with van der Waals surface area (Å²) >= 11 is 5.11. The molecule has 38 heavy (non-hydrogen) atoms. The third-order valence-electron chi connectivity index (χ3n) is 8.32. The molecule has 1 unspecified atom stereocenters. The van der Waals surface area contributed by atoms with E-state index in [9.17, 15) is 9.59 Å². The number of carbonyl (C=O) groups is 2. The van der Waals surface area contributed by atoms with Crippen LogP contribution in [0, 0.1) is 17.3 Å². The molecule has 0 saturated carbocycles. The molecule has 0 spiro atoms. The first kappa shape index (κ1) is 27.1. The Kier molecular flexibility index (Phi) is 8.11. The number of hydrogen-bond donors (Lipinski definition) is 1. The first-order valence-corrected chi connectivity index (χ1v) is 15.3. The van der Waals surface area contributed by atoms with E-state index in [-0.39, 0.29) is 17.2 Å². The average Bonchev–Trinajstić information content (AvgIpc) is 3.26. The molecule has 200 valence electrons. The van der Waals surface area contributed by atoms with Crippen molar-refractivity contribution in [2.45, 2.75) is 59.3 Å². The van der Waals surface area contributed by atoms with Gasteiger partial charge >= 0.3 is 0 Å². The standard InChI is InChI=1S/C32H37BrN2O2S/c1-32(2,3)23-13-14-25-27(20-23)38-30(34-29(36)24-11-7-8-12-26(24)33)28(25)31(37)35-17-15-22(16-18-35)19-21-9-5-4-6-10-21/h4-12,22-23H,13-20H2,1-3H3,(H,34,36). The SMILES string of the molecule is CC(C)(C)C1CCc2c(sc(NC(=O)c3ccccc3Br)c2C(=O)N2CCC(Cc3ccccc3)CC2)C1. The molecule has 1 N–H and O–H groups in total. The van der Waals surface area contributed by atoms with Crippen LogP contribution in [0.25, 0.3) is 0 Å². The van der Waals surface area contributed by atoms with Gasteiger partial charge in [0, 0.05) is 22.4 Å². The summed E-state index contributed by atoms with van der Waals surface area (Å²) in [5.41, 5.74) is 4.06. The highest BCUT2D eigenvalue weighted by Crippen LogP contribution is 2.45. The predicted molar refractivity (Wildman–Crippen MR) is 160 cm³/mol. The van der Waals surface area contributed by atoms with Crippen LogP contribution in [0.1, 0.15) is 76.8 Å². The van der Waals surface area contributed by atoms with Crippen LogP contribution >= 0.6 is 27.3 Å². The van der Waals surface area contributed by atoms with Crippen molar-refractivity contribution in [3.8, 4) is 0 Å². The molecule has 6 heteroatoms. The number of thiophene rings is 1. The number of carbonyl (C=O) groups excluding carboxylic acids is 2. The summed E-state index contributed by atoms with van der Waals surface area (Å²) in [6.07, 6.45) is 6.02. The Morgan fingerprint density at radius 3 is 2.37 bits per heavy atom.